The van der Waals surface area contributed by atoms with Gasteiger partial charge in [0.15, 0.2) is 6.10 Å². The number of rotatable bonds is 5. The van der Waals surface area contributed by atoms with Gasteiger partial charge in [-0.25, -0.2) is 0 Å². The highest BCUT2D eigenvalue weighted by Gasteiger charge is 2.52. The Labute approximate surface area is 157 Å². The van der Waals surface area contributed by atoms with E-state index in [1.165, 1.54) is 7.11 Å². The highest BCUT2D eigenvalue weighted by atomic mass is 16.5. The first-order valence-electron chi connectivity index (χ1n) is 8.30. The summed E-state index contributed by atoms with van der Waals surface area (Å²) in [5, 5.41) is 3.81. The second-order valence-electron chi connectivity index (χ2n) is 5.84. The van der Waals surface area contributed by atoms with Crippen LogP contribution in [-0.4, -0.2) is 38.3 Å². The molecule has 0 saturated carbocycles. The lowest BCUT2D eigenvalue weighted by Gasteiger charge is -2.47. The SMILES string of the molecule is COc1ccc(N2C(=O)[C@H](OC)[C@@H]2[C@H](C#Cc2ccccc2)N=[N+]=[N-])cc1. The summed E-state index contributed by atoms with van der Waals surface area (Å²) in [5.74, 6) is 6.46. The smallest absolute Gasteiger partial charge is 0.258 e. The van der Waals surface area contributed by atoms with Crippen molar-refractivity contribution in [2.45, 2.75) is 18.2 Å². The highest BCUT2D eigenvalue weighted by molar-refractivity contribution is 6.05. The van der Waals surface area contributed by atoms with Crippen molar-refractivity contribution in [3.63, 3.8) is 0 Å². The summed E-state index contributed by atoms with van der Waals surface area (Å²) in [4.78, 5) is 17.0. The van der Waals surface area contributed by atoms with Gasteiger partial charge in [0.05, 0.1) is 13.2 Å². The van der Waals surface area contributed by atoms with Gasteiger partial charge in [-0.15, -0.1) is 0 Å². The predicted molar refractivity (Wildman–Crippen MR) is 101 cm³/mol. The number of hydrogen-bond acceptors (Lipinski definition) is 4. The van der Waals surface area contributed by atoms with Crippen molar-refractivity contribution >= 4 is 11.6 Å². The van der Waals surface area contributed by atoms with Gasteiger partial charge in [-0.05, 0) is 41.9 Å². The standard InChI is InChI=1S/C20H18N4O3/c1-26-16-11-9-15(10-12-16)24-18(19(27-2)20(24)25)17(22-23-21)13-8-14-6-4-3-5-7-14/h3-7,9-12,17-19H,1-2H3/t17-,18-,19+/m0/s1. The maximum absolute atomic E-state index is 12.5. The minimum absolute atomic E-state index is 0.202. The minimum atomic E-state index is -0.750. The number of azide groups is 1. The van der Waals surface area contributed by atoms with Crippen molar-refractivity contribution in [3.05, 3.63) is 70.6 Å². The van der Waals surface area contributed by atoms with Crippen LogP contribution >= 0.6 is 0 Å². The lowest BCUT2D eigenvalue weighted by molar-refractivity contribution is -0.139. The van der Waals surface area contributed by atoms with E-state index in [0.717, 1.165) is 5.56 Å². The van der Waals surface area contributed by atoms with Crippen LogP contribution in [0.2, 0.25) is 0 Å². The molecule has 1 heterocycles. The quantitative estimate of drug-likeness (QED) is 0.269. The van der Waals surface area contributed by atoms with Gasteiger partial charge in [-0.2, -0.15) is 0 Å². The van der Waals surface area contributed by atoms with Gasteiger partial charge in [0.25, 0.3) is 5.91 Å². The Hall–Kier alpha value is -3.46. The first-order valence-corrected chi connectivity index (χ1v) is 8.30. The first kappa shape index (κ1) is 18.3. The van der Waals surface area contributed by atoms with Crippen LogP contribution < -0.4 is 9.64 Å². The minimum Gasteiger partial charge on any atom is -0.497 e. The van der Waals surface area contributed by atoms with E-state index >= 15 is 0 Å². The van der Waals surface area contributed by atoms with Crippen molar-refractivity contribution in [1.82, 2.24) is 0 Å². The Morgan fingerprint density at radius 2 is 1.85 bits per heavy atom. The summed E-state index contributed by atoms with van der Waals surface area (Å²) in [6.45, 7) is 0. The number of carbonyl (C=O) groups excluding carboxylic acids is 1. The second-order valence-corrected chi connectivity index (χ2v) is 5.84. The molecular formula is C20H18N4O3. The van der Waals surface area contributed by atoms with Crippen LogP contribution in [0.5, 0.6) is 5.75 Å². The lowest BCUT2D eigenvalue weighted by atomic mass is 9.90. The molecule has 3 rings (SSSR count). The summed E-state index contributed by atoms with van der Waals surface area (Å²) in [7, 11) is 3.03. The number of carbonyl (C=O) groups is 1. The molecule has 2 aromatic carbocycles. The Morgan fingerprint density at radius 3 is 2.44 bits per heavy atom. The third-order valence-corrected chi connectivity index (χ3v) is 4.33. The van der Waals surface area contributed by atoms with E-state index in [4.69, 9.17) is 15.0 Å². The molecule has 27 heavy (non-hydrogen) atoms. The monoisotopic (exact) mass is 362 g/mol. The molecule has 0 spiro atoms. The fourth-order valence-electron chi connectivity index (χ4n) is 2.99. The predicted octanol–water partition coefficient (Wildman–Crippen LogP) is 3.16. The number of hydrogen-bond donors (Lipinski definition) is 0. The number of ether oxygens (including phenoxy) is 2. The van der Waals surface area contributed by atoms with Gasteiger partial charge in [-0.1, -0.05) is 35.2 Å². The topological polar surface area (TPSA) is 87.5 Å². The lowest BCUT2D eigenvalue weighted by Crippen LogP contribution is -2.69. The Balaban J connectivity index is 1.93. The summed E-state index contributed by atoms with van der Waals surface area (Å²) < 4.78 is 10.5. The van der Waals surface area contributed by atoms with E-state index in [1.54, 1.807) is 36.3 Å². The summed E-state index contributed by atoms with van der Waals surface area (Å²) in [5.41, 5.74) is 10.4. The fraction of sp³-hybridized carbons (Fsp3) is 0.250. The van der Waals surface area contributed by atoms with Gasteiger partial charge < -0.3 is 14.4 Å². The maximum atomic E-state index is 12.5. The number of nitrogens with zero attached hydrogens (tertiary/aromatic N) is 4. The molecule has 1 amide bonds. The summed E-state index contributed by atoms with van der Waals surface area (Å²) in [6.07, 6.45) is -0.715. The van der Waals surface area contributed by atoms with Crippen molar-refractivity contribution in [2.75, 3.05) is 19.1 Å². The Bertz CT molecular complexity index is 912. The average Bonchev–Trinajstić information content (AvgIpc) is 2.71. The molecule has 2 aromatic rings. The van der Waals surface area contributed by atoms with Crippen LogP contribution in [0, 0.1) is 11.8 Å². The van der Waals surface area contributed by atoms with Crippen molar-refractivity contribution < 1.29 is 14.3 Å². The molecule has 0 unspecified atom stereocenters. The van der Waals surface area contributed by atoms with E-state index < -0.39 is 18.2 Å². The summed E-state index contributed by atoms with van der Waals surface area (Å²) in [6, 6.07) is 15.2. The molecule has 0 radical (unpaired) electrons. The zero-order chi connectivity index (χ0) is 19.2. The molecule has 0 aromatic heterocycles. The molecule has 1 aliphatic heterocycles. The molecule has 1 fully saturated rings. The van der Waals surface area contributed by atoms with E-state index in [2.05, 4.69) is 21.9 Å². The third kappa shape index (κ3) is 3.72. The van der Waals surface area contributed by atoms with Gasteiger partial charge in [0.1, 0.15) is 11.8 Å². The van der Waals surface area contributed by atoms with Crippen LogP contribution in [0.15, 0.2) is 59.7 Å². The van der Waals surface area contributed by atoms with Crippen LogP contribution in [-0.2, 0) is 9.53 Å². The van der Waals surface area contributed by atoms with Crippen molar-refractivity contribution in [2.24, 2.45) is 5.11 Å². The molecule has 7 nitrogen and oxygen atoms in total. The number of β-lactam (4-membered cyclic amide) rings is 1. The van der Waals surface area contributed by atoms with Gasteiger partial charge in [0, 0.05) is 23.3 Å². The largest absolute Gasteiger partial charge is 0.497 e. The zero-order valence-corrected chi connectivity index (χ0v) is 14.9. The van der Waals surface area contributed by atoms with Crippen LogP contribution in [0.25, 0.3) is 10.4 Å². The normalized spacial score (nSPS) is 19.2. The second kappa shape index (κ2) is 8.28. The molecule has 136 valence electrons. The van der Waals surface area contributed by atoms with Crippen LogP contribution in [0.3, 0.4) is 0 Å². The van der Waals surface area contributed by atoms with E-state index in [-0.39, 0.29) is 5.91 Å². The van der Waals surface area contributed by atoms with Gasteiger partial charge in [-0.3, -0.25) is 4.79 Å². The zero-order valence-electron chi connectivity index (χ0n) is 14.9. The molecule has 1 saturated heterocycles. The third-order valence-electron chi connectivity index (χ3n) is 4.33. The Morgan fingerprint density at radius 1 is 1.15 bits per heavy atom. The molecule has 3 atom stereocenters. The Kier molecular flexibility index (Phi) is 5.62. The molecule has 0 bridgehead atoms. The number of amides is 1. The van der Waals surface area contributed by atoms with Gasteiger partial charge >= 0.3 is 0 Å². The van der Waals surface area contributed by atoms with Crippen LogP contribution in [0.4, 0.5) is 5.69 Å². The van der Waals surface area contributed by atoms with E-state index in [1.807, 2.05) is 30.3 Å². The van der Waals surface area contributed by atoms with Crippen molar-refractivity contribution in [3.8, 4) is 17.6 Å². The molecule has 0 aliphatic carbocycles. The summed E-state index contributed by atoms with van der Waals surface area (Å²) >= 11 is 0. The molecule has 7 heteroatoms. The van der Waals surface area contributed by atoms with Gasteiger partial charge in [0.2, 0.25) is 0 Å². The number of benzene rings is 2. The number of methoxy groups -OCH3 is 2. The molecule has 0 N–H and O–H groups in total. The number of anilines is 1. The average molecular weight is 362 g/mol. The van der Waals surface area contributed by atoms with Crippen LogP contribution in [0.1, 0.15) is 5.56 Å². The highest BCUT2D eigenvalue weighted by Crippen LogP contribution is 2.33. The maximum Gasteiger partial charge on any atom is 0.258 e. The fourth-order valence-corrected chi connectivity index (χ4v) is 2.99. The molecular weight excluding hydrogens is 344 g/mol. The van der Waals surface area contributed by atoms with E-state index in [0.29, 0.717) is 11.4 Å². The van der Waals surface area contributed by atoms with E-state index in [9.17, 15) is 4.79 Å². The molecule has 1 aliphatic rings. The van der Waals surface area contributed by atoms with Crippen molar-refractivity contribution in [1.29, 1.82) is 0 Å². The first-order chi connectivity index (χ1) is 13.2.